The lowest BCUT2D eigenvalue weighted by Crippen LogP contribution is -2.45. The molecule has 1 aromatic heterocycles. The van der Waals surface area contributed by atoms with Crippen molar-refractivity contribution in [2.45, 2.75) is 65.5 Å². The molecule has 0 amide bonds. The first-order chi connectivity index (χ1) is 12.5. The standard InChI is InChI=1S/C19H36N6O/c1-14(2)16-7-9-17(10-8-16)22-19(20-11-6-12-26-5)21-13-18-24-23-15(3)25(18)4/h14,16-17H,6-13H2,1-5H3,(H2,20,21,22). The van der Waals surface area contributed by atoms with Crippen molar-refractivity contribution >= 4 is 5.96 Å². The predicted octanol–water partition coefficient (Wildman–Crippen LogP) is 2.41. The number of ether oxygens (including phenoxy) is 1. The molecule has 0 saturated heterocycles. The minimum atomic E-state index is 0.500. The fourth-order valence-electron chi connectivity index (χ4n) is 3.44. The lowest BCUT2D eigenvalue weighted by Gasteiger charge is -2.32. The van der Waals surface area contributed by atoms with Crippen LogP contribution in [0.3, 0.4) is 0 Å². The van der Waals surface area contributed by atoms with Crippen LogP contribution in [-0.2, 0) is 18.3 Å². The molecular weight excluding hydrogens is 328 g/mol. The van der Waals surface area contributed by atoms with Gasteiger partial charge in [0.15, 0.2) is 11.8 Å². The van der Waals surface area contributed by atoms with Crippen molar-refractivity contribution < 1.29 is 4.74 Å². The molecule has 0 bridgehead atoms. The van der Waals surface area contributed by atoms with Gasteiger partial charge >= 0.3 is 0 Å². The van der Waals surface area contributed by atoms with Crippen LogP contribution in [0.1, 0.15) is 57.6 Å². The third-order valence-electron chi connectivity index (χ3n) is 5.43. The summed E-state index contributed by atoms with van der Waals surface area (Å²) in [7, 11) is 3.71. The number of hydrogen-bond donors (Lipinski definition) is 2. The van der Waals surface area contributed by atoms with Gasteiger partial charge in [-0.25, -0.2) is 4.99 Å². The zero-order valence-electron chi connectivity index (χ0n) is 17.1. The van der Waals surface area contributed by atoms with Crippen LogP contribution in [0.5, 0.6) is 0 Å². The zero-order chi connectivity index (χ0) is 18.9. The van der Waals surface area contributed by atoms with Gasteiger partial charge in [0, 0.05) is 33.4 Å². The highest BCUT2D eigenvalue weighted by molar-refractivity contribution is 5.80. The summed E-state index contributed by atoms with van der Waals surface area (Å²) in [5.41, 5.74) is 0. The van der Waals surface area contributed by atoms with Crippen LogP contribution in [0.2, 0.25) is 0 Å². The van der Waals surface area contributed by atoms with Crippen molar-refractivity contribution in [2.75, 3.05) is 20.3 Å². The second kappa shape index (κ2) is 10.5. The average molecular weight is 365 g/mol. The van der Waals surface area contributed by atoms with Crippen LogP contribution in [0.15, 0.2) is 4.99 Å². The summed E-state index contributed by atoms with van der Waals surface area (Å²) >= 11 is 0. The Morgan fingerprint density at radius 3 is 2.58 bits per heavy atom. The molecule has 7 nitrogen and oxygen atoms in total. The SMILES string of the molecule is COCCCNC(=NCc1nnc(C)n1C)NC1CCC(C(C)C)CC1. The van der Waals surface area contributed by atoms with E-state index in [0.717, 1.165) is 49.0 Å². The number of nitrogens with zero attached hydrogens (tertiary/aromatic N) is 4. The molecule has 0 spiro atoms. The van der Waals surface area contributed by atoms with Crippen LogP contribution in [0, 0.1) is 18.8 Å². The van der Waals surface area contributed by atoms with Gasteiger partial charge in [-0.05, 0) is 50.9 Å². The molecule has 1 aliphatic rings. The Bertz CT molecular complexity index is 560. The van der Waals surface area contributed by atoms with Gasteiger partial charge < -0.3 is 19.9 Å². The quantitative estimate of drug-likeness (QED) is 0.421. The van der Waals surface area contributed by atoms with E-state index >= 15 is 0 Å². The molecule has 1 fully saturated rings. The number of methoxy groups -OCH3 is 1. The second-order valence-electron chi connectivity index (χ2n) is 7.66. The van der Waals surface area contributed by atoms with Gasteiger partial charge in [0.2, 0.25) is 0 Å². The van der Waals surface area contributed by atoms with E-state index in [1.807, 2.05) is 18.5 Å². The molecule has 148 valence electrons. The Hall–Kier alpha value is -1.63. The second-order valence-corrected chi connectivity index (χ2v) is 7.66. The van der Waals surface area contributed by atoms with Crippen molar-refractivity contribution in [3.05, 3.63) is 11.6 Å². The molecule has 0 aliphatic heterocycles. The van der Waals surface area contributed by atoms with E-state index in [4.69, 9.17) is 9.73 Å². The van der Waals surface area contributed by atoms with E-state index in [9.17, 15) is 0 Å². The highest BCUT2D eigenvalue weighted by Crippen LogP contribution is 2.29. The van der Waals surface area contributed by atoms with Crippen LogP contribution in [0.4, 0.5) is 0 Å². The van der Waals surface area contributed by atoms with E-state index < -0.39 is 0 Å². The molecule has 1 saturated carbocycles. The molecule has 1 heterocycles. The molecular formula is C19H36N6O. The Balaban J connectivity index is 1.92. The lowest BCUT2D eigenvalue weighted by atomic mass is 9.80. The third-order valence-corrected chi connectivity index (χ3v) is 5.43. The minimum absolute atomic E-state index is 0.500. The fraction of sp³-hybridized carbons (Fsp3) is 0.842. The van der Waals surface area contributed by atoms with Crippen LogP contribution in [-0.4, -0.2) is 47.0 Å². The summed E-state index contributed by atoms with van der Waals surface area (Å²) in [4.78, 5) is 4.74. The molecule has 0 unspecified atom stereocenters. The molecule has 0 radical (unpaired) electrons. The maximum absolute atomic E-state index is 5.13. The predicted molar refractivity (Wildman–Crippen MR) is 105 cm³/mol. The summed E-state index contributed by atoms with van der Waals surface area (Å²) in [5, 5.41) is 15.4. The summed E-state index contributed by atoms with van der Waals surface area (Å²) in [6, 6.07) is 0.500. The lowest BCUT2D eigenvalue weighted by molar-refractivity contribution is 0.195. The van der Waals surface area contributed by atoms with Crippen LogP contribution >= 0.6 is 0 Å². The molecule has 1 aromatic rings. The summed E-state index contributed by atoms with van der Waals surface area (Å²) < 4.78 is 7.12. The van der Waals surface area contributed by atoms with Gasteiger partial charge in [-0.1, -0.05) is 13.8 Å². The third kappa shape index (κ3) is 6.27. The molecule has 2 rings (SSSR count). The monoisotopic (exact) mass is 364 g/mol. The molecule has 0 aromatic carbocycles. The van der Waals surface area contributed by atoms with Crippen LogP contribution < -0.4 is 10.6 Å². The minimum Gasteiger partial charge on any atom is -0.385 e. The first kappa shape index (κ1) is 20.7. The fourth-order valence-corrected chi connectivity index (χ4v) is 3.44. The molecule has 0 atom stereocenters. The van der Waals surface area contributed by atoms with Gasteiger partial charge in [0.1, 0.15) is 12.4 Å². The first-order valence-corrected chi connectivity index (χ1v) is 9.90. The number of hydrogen-bond acceptors (Lipinski definition) is 4. The van der Waals surface area contributed by atoms with E-state index in [1.54, 1.807) is 7.11 Å². The topological polar surface area (TPSA) is 76.4 Å². The van der Waals surface area contributed by atoms with Gasteiger partial charge in [0.25, 0.3) is 0 Å². The number of aliphatic imine (C=N–C) groups is 1. The largest absolute Gasteiger partial charge is 0.385 e. The molecule has 7 heteroatoms. The van der Waals surface area contributed by atoms with Crippen molar-refractivity contribution in [2.24, 2.45) is 23.9 Å². The molecule has 2 N–H and O–H groups in total. The number of guanidine groups is 1. The maximum atomic E-state index is 5.13. The Morgan fingerprint density at radius 2 is 2.00 bits per heavy atom. The maximum Gasteiger partial charge on any atom is 0.191 e. The summed E-state index contributed by atoms with van der Waals surface area (Å²) in [6.07, 6.45) is 5.99. The van der Waals surface area contributed by atoms with Gasteiger partial charge in [-0.3, -0.25) is 0 Å². The van der Waals surface area contributed by atoms with E-state index in [0.29, 0.717) is 12.6 Å². The van der Waals surface area contributed by atoms with Gasteiger partial charge in [-0.2, -0.15) is 0 Å². The van der Waals surface area contributed by atoms with Crippen LogP contribution in [0.25, 0.3) is 0 Å². The first-order valence-electron chi connectivity index (χ1n) is 9.90. The van der Waals surface area contributed by atoms with Crippen molar-refractivity contribution in [1.82, 2.24) is 25.4 Å². The summed E-state index contributed by atoms with van der Waals surface area (Å²) in [6.45, 7) is 8.76. The van der Waals surface area contributed by atoms with E-state index in [2.05, 4.69) is 34.7 Å². The highest BCUT2D eigenvalue weighted by Gasteiger charge is 2.23. The van der Waals surface area contributed by atoms with Gasteiger partial charge in [0.05, 0.1) is 0 Å². The average Bonchev–Trinajstić information content (AvgIpc) is 2.95. The smallest absolute Gasteiger partial charge is 0.191 e. The zero-order valence-corrected chi connectivity index (χ0v) is 17.1. The molecule has 26 heavy (non-hydrogen) atoms. The molecule has 1 aliphatic carbocycles. The normalized spacial score (nSPS) is 21.2. The summed E-state index contributed by atoms with van der Waals surface area (Å²) in [5.74, 6) is 4.31. The van der Waals surface area contributed by atoms with E-state index in [1.165, 1.54) is 25.7 Å². The highest BCUT2D eigenvalue weighted by atomic mass is 16.5. The Kier molecular flexibility index (Phi) is 8.35. The number of rotatable bonds is 8. The van der Waals surface area contributed by atoms with Gasteiger partial charge in [-0.15, -0.1) is 10.2 Å². The van der Waals surface area contributed by atoms with E-state index in [-0.39, 0.29) is 0 Å². The van der Waals surface area contributed by atoms with Crippen molar-refractivity contribution in [3.63, 3.8) is 0 Å². The Labute approximate surface area is 158 Å². The van der Waals surface area contributed by atoms with Crippen molar-refractivity contribution in [1.29, 1.82) is 0 Å². The number of nitrogens with one attached hydrogen (secondary N) is 2. The Morgan fingerprint density at radius 1 is 1.27 bits per heavy atom. The number of aromatic nitrogens is 3. The van der Waals surface area contributed by atoms with Crippen molar-refractivity contribution in [3.8, 4) is 0 Å². The number of aryl methyl sites for hydroxylation is 1.